The van der Waals surface area contributed by atoms with E-state index in [4.69, 9.17) is 0 Å². The van der Waals surface area contributed by atoms with Crippen LogP contribution in [0.4, 0.5) is 0 Å². The van der Waals surface area contributed by atoms with Crippen molar-refractivity contribution in [3.63, 3.8) is 0 Å². The summed E-state index contributed by atoms with van der Waals surface area (Å²) in [6.07, 6.45) is 8.41. The van der Waals surface area contributed by atoms with Gasteiger partial charge in [0.25, 0.3) is 0 Å². The fourth-order valence-electron chi connectivity index (χ4n) is 2.34. The van der Waals surface area contributed by atoms with E-state index in [2.05, 4.69) is 34.2 Å². The fraction of sp³-hybridized carbons (Fsp3) is 0.692. The highest BCUT2D eigenvalue weighted by Gasteiger charge is 2.12. The third kappa shape index (κ3) is 3.57. The molecule has 0 saturated heterocycles. The van der Waals surface area contributed by atoms with E-state index in [1.165, 1.54) is 52.8 Å². The smallest absolute Gasteiger partial charge is 0.0730 e. The van der Waals surface area contributed by atoms with Crippen molar-refractivity contribution in [2.75, 3.05) is 0 Å². The van der Waals surface area contributed by atoms with Gasteiger partial charge in [0.15, 0.2) is 0 Å². The van der Waals surface area contributed by atoms with Gasteiger partial charge in [-0.15, -0.1) is 11.3 Å². The largest absolute Gasteiger partial charge is 0.309 e. The molecule has 2 rings (SSSR count). The first-order chi connectivity index (χ1) is 7.75. The van der Waals surface area contributed by atoms with Crippen LogP contribution in [-0.2, 0) is 6.54 Å². The second-order valence-corrected chi connectivity index (χ2v) is 7.19. The summed E-state index contributed by atoms with van der Waals surface area (Å²) in [5, 5.41) is 3.71. The van der Waals surface area contributed by atoms with Crippen LogP contribution in [0.25, 0.3) is 0 Å². The summed E-state index contributed by atoms with van der Waals surface area (Å²) < 4.78 is 1.28. The van der Waals surface area contributed by atoms with Crippen molar-refractivity contribution in [2.24, 2.45) is 0 Å². The standard InChI is InChI=1S/C13H20BrNS/c1-10-8-12(16-13(10)14)9-15-11-6-4-2-3-5-7-11/h8,11,15H,2-7,9H2,1H3. The number of aryl methyl sites for hydroxylation is 1. The Balaban J connectivity index is 1.81. The van der Waals surface area contributed by atoms with Crippen LogP contribution < -0.4 is 5.32 Å². The third-order valence-corrected chi connectivity index (χ3v) is 5.46. The van der Waals surface area contributed by atoms with E-state index < -0.39 is 0 Å². The molecule has 1 saturated carbocycles. The molecule has 16 heavy (non-hydrogen) atoms. The van der Waals surface area contributed by atoms with Crippen molar-refractivity contribution in [1.29, 1.82) is 0 Å². The number of halogens is 1. The monoisotopic (exact) mass is 301 g/mol. The molecule has 1 heterocycles. The van der Waals surface area contributed by atoms with Gasteiger partial charge in [-0.25, -0.2) is 0 Å². The van der Waals surface area contributed by atoms with Gasteiger partial charge in [-0.1, -0.05) is 25.7 Å². The summed E-state index contributed by atoms with van der Waals surface area (Å²) in [6, 6.07) is 3.04. The van der Waals surface area contributed by atoms with Crippen molar-refractivity contribution in [1.82, 2.24) is 5.32 Å². The molecule has 1 aromatic heterocycles. The highest BCUT2D eigenvalue weighted by atomic mass is 79.9. The number of thiophene rings is 1. The lowest BCUT2D eigenvalue weighted by molar-refractivity contribution is 0.461. The van der Waals surface area contributed by atoms with Gasteiger partial charge in [-0.2, -0.15) is 0 Å². The van der Waals surface area contributed by atoms with Crippen molar-refractivity contribution in [2.45, 2.75) is 58.0 Å². The molecule has 90 valence electrons. The average molecular weight is 302 g/mol. The Hall–Kier alpha value is 0.140. The van der Waals surface area contributed by atoms with Crippen molar-refractivity contribution >= 4 is 27.3 Å². The molecule has 3 heteroatoms. The van der Waals surface area contributed by atoms with Crippen LogP contribution in [-0.4, -0.2) is 6.04 Å². The summed E-state index contributed by atoms with van der Waals surface area (Å²) in [5.41, 5.74) is 1.36. The van der Waals surface area contributed by atoms with E-state index in [0.717, 1.165) is 12.6 Å². The van der Waals surface area contributed by atoms with Gasteiger partial charge in [0, 0.05) is 17.5 Å². The maximum Gasteiger partial charge on any atom is 0.0730 e. The zero-order chi connectivity index (χ0) is 11.4. The molecule has 0 spiro atoms. The Kier molecular flexibility index (Phi) is 4.86. The first kappa shape index (κ1) is 12.6. The van der Waals surface area contributed by atoms with Gasteiger partial charge in [0.2, 0.25) is 0 Å². The van der Waals surface area contributed by atoms with Gasteiger partial charge in [-0.3, -0.25) is 0 Å². The minimum absolute atomic E-state index is 0.753. The maximum absolute atomic E-state index is 3.71. The van der Waals surface area contributed by atoms with Crippen LogP contribution in [0.1, 0.15) is 49.0 Å². The van der Waals surface area contributed by atoms with Crippen molar-refractivity contribution in [3.8, 4) is 0 Å². The highest BCUT2D eigenvalue weighted by Crippen LogP contribution is 2.27. The van der Waals surface area contributed by atoms with Gasteiger partial charge in [0.1, 0.15) is 0 Å². The van der Waals surface area contributed by atoms with Gasteiger partial charge in [0.05, 0.1) is 3.79 Å². The van der Waals surface area contributed by atoms with E-state index in [9.17, 15) is 0 Å². The number of hydrogen-bond donors (Lipinski definition) is 1. The summed E-state index contributed by atoms with van der Waals surface area (Å²) >= 11 is 5.45. The van der Waals surface area contributed by atoms with E-state index in [1.807, 2.05) is 11.3 Å². The van der Waals surface area contributed by atoms with Crippen LogP contribution in [0.5, 0.6) is 0 Å². The molecule has 0 bridgehead atoms. The van der Waals surface area contributed by atoms with E-state index >= 15 is 0 Å². The zero-order valence-corrected chi connectivity index (χ0v) is 12.3. The van der Waals surface area contributed by atoms with Gasteiger partial charge < -0.3 is 5.32 Å². The van der Waals surface area contributed by atoms with E-state index in [0.29, 0.717) is 0 Å². The normalized spacial score (nSPS) is 18.6. The molecule has 0 aromatic carbocycles. The summed E-state index contributed by atoms with van der Waals surface area (Å²) in [4.78, 5) is 1.45. The number of hydrogen-bond acceptors (Lipinski definition) is 2. The highest BCUT2D eigenvalue weighted by molar-refractivity contribution is 9.11. The first-order valence-electron chi connectivity index (χ1n) is 6.24. The topological polar surface area (TPSA) is 12.0 Å². The fourth-order valence-corrected chi connectivity index (χ4v) is 3.92. The molecule has 1 aliphatic carbocycles. The predicted octanol–water partition coefficient (Wildman–Crippen LogP) is 4.63. The minimum Gasteiger partial charge on any atom is -0.309 e. The second-order valence-electron chi connectivity index (χ2n) is 4.74. The summed E-state index contributed by atoms with van der Waals surface area (Å²) in [5.74, 6) is 0. The maximum atomic E-state index is 3.71. The molecule has 1 nitrogen and oxygen atoms in total. The molecule has 0 aliphatic heterocycles. The molecular formula is C13H20BrNS. The number of nitrogens with one attached hydrogen (secondary N) is 1. The first-order valence-corrected chi connectivity index (χ1v) is 7.85. The lowest BCUT2D eigenvalue weighted by Gasteiger charge is -2.15. The van der Waals surface area contributed by atoms with Crippen LogP contribution in [0.15, 0.2) is 9.85 Å². The average Bonchev–Trinajstić information content (AvgIpc) is 2.50. The van der Waals surface area contributed by atoms with E-state index in [-0.39, 0.29) is 0 Å². The lowest BCUT2D eigenvalue weighted by Crippen LogP contribution is -2.27. The summed E-state index contributed by atoms with van der Waals surface area (Å²) in [7, 11) is 0. The molecule has 1 aliphatic rings. The number of rotatable bonds is 3. The Morgan fingerprint density at radius 3 is 2.56 bits per heavy atom. The molecule has 1 fully saturated rings. The second kappa shape index (κ2) is 6.18. The van der Waals surface area contributed by atoms with Crippen LogP contribution in [0, 0.1) is 6.92 Å². The Labute approximate surface area is 111 Å². The zero-order valence-electron chi connectivity index (χ0n) is 9.89. The van der Waals surface area contributed by atoms with Crippen molar-refractivity contribution < 1.29 is 0 Å². The Bertz CT molecular complexity index is 307. The van der Waals surface area contributed by atoms with Crippen LogP contribution in [0.3, 0.4) is 0 Å². The van der Waals surface area contributed by atoms with Crippen LogP contribution in [0.2, 0.25) is 0 Å². The molecule has 0 amide bonds. The van der Waals surface area contributed by atoms with Crippen LogP contribution >= 0.6 is 27.3 Å². The third-order valence-electron chi connectivity index (χ3n) is 3.33. The van der Waals surface area contributed by atoms with Gasteiger partial charge in [-0.05, 0) is 47.3 Å². The van der Waals surface area contributed by atoms with Crippen molar-refractivity contribution in [3.05, 3.63) is 20.3 Å². The molecule has 0 unspecified atom stereocenters. The predicted molar refractivity (Wildman–Crippen MR) is 75.1 cm³/mol. The van der Waals surface area contributed by atoms with E-state index in [1.54, 1.807) is 0 Å². The summed E-state index contributed by atoms with van der Waals surface area (Å²) in [6.45, 7) is 3.21. The van der Waals surface area contributed by atoms with Gasteiger partial charge >= 0.3 is 0 Å². The molecular weight excluding hydrogens is 282 g/mol. The SMILES string of the molecule is Cc1cc(CNC2CCCCCC2)sc1Br. The molecule has 0 radical (unpaired) electrons. The minimum atomic E-state index is 0.753. The molecule has 1 aromatic rings. The quantitative estimate of drug-likeness (QED) is 0.803. The molecule has 0 atom stereocenters. The molecule has 1 N–H and O–H groups in total. The Morgan fingerprint density at radius 2 is 2.00 bits per heavy atom. The Morgan fingerprint density at radius 1 is 1.31 bits per heavy atom. The lowest BCUT2D eigenvalue weighted by atomic mass is 10.1.